The average Bonchev–Trinajstić information content (AvgIpc) is 2.82. The van der Waals surface area contributed by atoms with Crippen molar-refractivity contribution >= 4 is 22.7 Å². The fraction of sp³-hybridized carbons (Fsp3) is 0.333. The summed E-state index contributed by atoms with van der Waals surface area (Å²) in [6.07, 6.45) is 0.961. The molecule has 0 spiro atoms. The van der Waals surface area contributed by atoms with Gasteiger partial charge in [0.05, 0.1) is 6.10 Å². The van der Waals surface area contributed by atoms with Crippen molar-refractivity contribution in [1.29, 1.82) is 0 Å². The Labute approximate surface area is 122 Å². The van der Waals surface area contributed by atoms with Crippen molar-refractivity contribution in [3.05, 3.63) is 36.0 Å². The van der Waals surface area contributed by atoms with Gasteiger partial charge in [-0.2, -0.15) is 0 Å². The van der Waals surface area contributed by atoms with Crippen LogP contribution in [0.1, 0.15) is 18.6 Å². The van der Waals surface area contributed by atoms with Crippen LogP contribution in [0.4, 0.5) is 0 Å². The van der Waals surface area contributed by atoms with Crippen molar-refractivity contribution in [3.8, 4) is 0 Å². The number of rotatable bonds is 4. The number of nitrogens with one attached hydrogen (secondary N) is 2. The van der Waals surface area contributed by atoms with Crippen molar-refractivity contribution in [2.75, 3.05) is 13.1 Å². The summed E-state index contributed by atoms with van der Waals surface area (Å²) in [6.45, 7) is 2.11. The maximum Gasteiger partial charge on any atom is 0.309 e. The minimum absolute atomic E-state index is 0.00995. The summed E-state index contributed by atoms with van der Waals surface area (Å²) < 4.78 is 1.92. The van der Waals surface area contributed by atoms with E-state index in [2.05, 4.69) is 10.6 Å². The second-order valence-corrected chi connectivity index (χ2v) is 4.80. The molecule has 0 aliphatic heterocycles. The Balaban J connectivity index is 2.07. The maximum absolute atomic E-state index is 11.5. The molecule has 0 radical (unpaired) electrons. The Kier molecular flexibility index (Phi) is 4.59. The molecule has 3 N–H and O–H groups in total. The van der Waals surface area contributed by atoms with Gasteiger partial charge in [-0.15, -0.1) is 0 Å². The average molecular weight is 289 g/mol. The number of fused-ring (bicyclic) bond motifs is 1. The Hall–Kier alpha value is -2.34. The van der Waals surface area contributed by atoms with Crippen LogP contribution in [0.5, 0.6) is 0 Å². The van der Waals surface area contributed by atoms with Gasteiger partial charge in [0.1, 0.15) is 0 Å². The molecule has 112 valence electrons. The fourth-order valence-corrected chi connectivity index (χ4v) is 2.26. The molecule has 1 aromatic carbocycles. The molecule has 0 bridgehead atoms. The molecule has 2 rings (SSSR count). The minimum atomic E-state index is -0.866. The van der Waals surface area contributed by atoms with Gasteiger partial charge >= 0.3 is 11.8 Å². The number of carbonyl (C=O) groups is 2. The van der Waals surface area contributed by atoms with Crippen LogP contribution in [0.25, 0.3) is 10.9 Å². The molecule has 0 aliphatic rings. The molecule has 1 unspecified atom stereocenters. The second-order valence-electron chi connectivity index (χ2n) is 4.80. The minimum Gasteiger partial charge on any atom is -0.386 e. The van der Waals surface area contributed by atoms with Crippen molar-refractivity contribution in [2.24, 2.45) is 7.05 Å². The fourth-order valence-electron chi connectivity index (χ4n) is 2.26. The lowest BCUT2D eigenvalue weighted by molar-refractivity contribution is -0.139. The van der Waals surface area contributed by atoms with E-state index in [1.165, 1.54) is 0 Å². The summed E-state index contributed by atoms with van der Waals surface area (Å²) >= 11 is 0. The molecule has 0 saturated heterocycles. The monoisotopic (exact) mass is 289 g/mol. The second kappa shape index (κ2) is 6.41. The molecule has 0 fully saturated rings. The van der Waals surface area contributed by atoms with Gasteiger partial charge in [-0.05, 0) is 13.0 Å². The summed E-state index contributed by atoms with van der Waals surface area (Å²) in [7, 11) is 1.89. The Morgan fingerprint density at radius 3 is 2.62 bits per heavy atom. The Bertz CT molecular complexity index is 663. The van der Waals surface area contributed by atoms with Gasteiger partial charge in [0.25, 0.3) is 0 Å². The summed E-state index contributed by atoms with van der Waals surface area (Å²) in [6, 6.07) is 7.69. The molecule has 21 heavy (non-hydrogen) atoms. The van der Waals surface area contributed by atoms with E-state index in [0.29, 0.717) is 6.54 Å². The third kappa shape index (κ3) is 3.22. The number of amides is 2. The molecule has 1 atom stereocenters. The third-order valence-corrected chi connectivity index (χ3v) is 3.29. The highest BCUT2D eigenvalue weighted by molar-refractivity contribution is 6.35. The van der Waals surface area contributed by atoms with E-state index < -0.39 is 17.9 Å². The van der Waals surface area contributed by atoms with E-state index in [4.69, 9.17) is 0 Å². The number of hydrogen-bond donors (Lipinski definition) is 3. The molecule has 0 saturated carbocycles. The lowest BCUT2D eigenvalue weighted by Gasteiger charge is -2.11. The van der Waals surface area contributed by atoms with Crippen molar-refractivity contribution in [1.82, 2.24) is 15.2 Å². The molecule has 2 amide bonds. The first-order valence-corrected chi connectivity index (χ1v) is 6.82. The number of aromatic nitrogens is 1. The largest absolute Gasteiger partial charge is 0.386 e. The SMILES string of the molecule is CCNC(=O)C(=O)NCC(O)c1cn(C)c2ccccc12. The molecule has 1 heterocycles. The first kappa shape index (κ1) is 15.1. The predicted molar refractivity (Wildman–Crippen MR) is 79.6 cm³/mol. The van der Waals surface area contributed by atoms with Crippen molar-refractivity contribution in [3.63, 3.8) is 0 Å². The summed E-state index contributed by atoms with van der Waals surface area (Å²) in [5.74, 6) is -1.43. The molecule has 1 aromatic heterocycles. The molecule has 6 nitrogen and oxygen atoms in total. The van der Waals surface area contributed by atoms with E-state index in [0.717, 1.165) is 16.5 Å². The van der Waals surface area contributed by atoms with Crippen LogP contribution in [-0.4, -0.2) is 34.6 Å². The molecular weight excluding hydrogens is 270 g/mol. The molecule has 6 heteroatoms. The van der Waals surface area contributed by atoms with Crippen LogP contribution in [0, 0.1) is 0 Å². The highest BCUT2D eigenvalue weighted by atomic mass is 16.3. The van der Waals surface area contributed by atoms with Gasteiger partial charge in [0.2, 0.25) is 0 Å². The highest BCUT2D eigenvalue weighted by Gasteiger charge is 2.17. The third-order valence-electron chi connectivity index (χ3n) is 3.29. The lowest BCUT2D eigenvalue weighted by Crippen LogP contribution is -2.41. The zero-order valence-corrected chi connectivity index (χ0v) is 12.1. The van der Waals surface area contributed by atoms with Crippen molar-refractivity contribution in [2.45, 2.75) is 13.0 Å². The van der Waals surface area contributed by atoms with E-state index in [1.54, 1.807) is 6.92 Å². The smallest absolute Gasteiger partial charge is 0.309 e. The predicted octanol–water partition coefficient (Wildman–Crippen LogP) is 0.464. The standard InChI is InChI=1S/C15H19N3O3/c1-3-16-14(20)15(21)17-8-13(19)11-9-18(2)12-7-5-4-6-10(11)12/h4-7,9,13,19H,3,8H2,1-2H3,(H,16,20)(H,17,21). The van der Waals surface area contributed by atoms with Crippen LogP contribution in [0.2, 0.25) is 0 Å². The van der Waals surface area contributed by atoms with Crippen LogP contribution in [-0.2, 0) is 16.6 Å². The van der Waals surface area contributed by atoms with Crippen LogP contribution >= 0.6 is 0 Å². The number of aliphatic hydroxyl groups excluding tert-OH is 1. The molecule has 2 aromatic rings. The van der Waals surface area contributed by atoms with E-state index in [1.807, 2.05) is 42.1 Å². The van der Waals surface area contributed by atoms with Gasteiger partial charge in [-0.25, -0.2) is 0 Å². The maximum atomic E-state index is 11.5. The summed E-state index contributed by atoms with van der Waals surface area (Å²) in [5.41, 5.74) is 1.73. The number of carbonyl (C=O) groups excluding carboxylic acids is 2. The lowest BCUT2D eigenvalue weighted by atomic mass is 10.1. The first-order valence-electron chi connectivity index (χ1n) is 6.82. The number of aliphatic hydroxyl groups is 1. The zero-order chi connectivity index (χ0) is 15.4. The van der Waals surface area contributed by atoms with E-state index in [9.17, 15) is 14.7 Å². The van der Waals surface area contributed by atoms with Gasteiger partial charge < -0.3 is 20.3 Å². The van der Waals surface area contributed by atoms with Crippen LogP contribution in [0.3, 0.4) is 0 Å². The van der Waals surface area contributed by atoms with Crippen molar-refractivity contribution < 1.29 is 14.7 Å². The summed E-state index contributed by atoms with van der Waals surface area (Å²) in [4.78, 5) is 22.8. The van der Waals surface area contributed by atoms with E-state index >= 15 is 0 Å². The number of para-hydroxylation sites is 1. The quantitative estimate of drug-likeness (QED) is 0.715. The van der Waals surface area contributed by atoms with Gasteiger partial charge in [0, 0.05) is 42.8 Å². The number of aryl methyl sites for hydroxylation is 1. The van der Waals surface area contributed by atoms with E-state index in [-0.39, 0.29) is 6.54 Å². The van der Waals surface area contributed by atoms with Gasteiger partial charge in [0.15, 0.2) is 0 Å². The number of likely N-dealkylation sites (N-methyl/N-ethyl adjacent to an activating group) is 1. The first-order chi connectivity index (χ1) is 10.0. The highest BCUT2D eigenvalue weighted by Crippen LogP contribution is 2.25. The molecule has 0 aliphatic carbocycles. The molecular formula is C15H19N3O3. The summed E-state index contributed by atoms with van der Waals surface area (Å²) in [5, 5.41) is 16.0. The Morgan fingerprint density at radius 2 is 1.90 bits per heavy atom. The van der Waals surface area contributed by atoms with Crippen LogP contribution in [0.15, 0.2) is 30.5 Å². The normalized spacial score (nSPS) is 12.1. The Morgan fingerprint density at radius 1 is 1.24 bits per heavy atom. The topological polar surface area (TPSA) is 83.4 Å². The number of nitrogens with zero attached hydrogens (tertiary/aromatic N) is 1. The van der Waals surface area contributed by atoms with Gasteiger partial charge in [-0.3, -0.25) is 9.59 Å². The van der Waals surface area contributed by atoms with Crippen LogP contribution < -0.4 is 10.6 Å². The number of benzene rings is 1. The number of hydrogen-bond acceptors (Lipinski definition) is 3. The zero-order valence-electron chi connectivity index (χ0n) is 12.1. The van der Waals surface area contributed by atoms with Gasteiger partial charge in [-0.1, -0.05) is 18.2 Å².